The highest BCUT2D eigenvalue weighted by Crippen LogP contribution is 2.40. The maximum atomic E-state index is 10.9. The van der Waals surface area contributed by atoms with Crippen molar-refractivity contribution in [1.29, 1.82) is 0 Å². The van der Waals surface area contributed by atoms with Crippen LogP contribution >= 0.6 is 15.9 Å². The van der Waals surface area contributed by atoms with Crippen molar-refractivity contribution in [1.82, 2.24) is 4.98 Å². The highest BCUT2D eigenvalue weighted by molar-refractivity contribution is 9.10. The standard InChI is InChI=1S/C13H18BrN3O2/c1-8-9(17(18)19)7-15-12(11(8)14)16-10-5-4-6-13(10,2)3/h7,10H,4-6H2,1-3H3,(H,15,16). The molecule has 0 radical (unpaired) electrons. The van der Waals surface area contributed by atoms with Gasteiger partial charge in [-0.1, -0.05) is 20.3 Å². The van der Waals surface area contributed by atoms with Crippen LogP contribution < -0.4 is 5.32 Å². The molecule has 0 saturated heterocycles. The fourth-order valence-corrected chi connectivity index (χ4v) is 3.03. The van der Waals surface area contributed by atoms with Gasteiger partial charge in [0.25, 0.3) is 5.69 Å². The van der Waals surface area contributed by atoms with Crippen molar-refractivity contribution in [2.75, 3.05) is 5.32 Å². The van der Waals surface area contributed by atoms with E-state index < -0.39 is 4.92 Å². The monoisotopic (exact) mass is 327 g/mol. The van der Waals surface area contributed by atoms with Crippen molar-refractivity contribution in [2.45, 2.75) is 46.1 Å². The Morgan fingerprint density at radius 1 is 1.58 bits per heavy atom. The van der Waals surface area contributed by atoms with Gasteiger partial charge in [0.2, 0.25) is 0 Å². The molecule has 1 unspecified atom stereocenters. The number of anilines is 1. The van der Waals surface area contributed by atoms with Crippen molar-refractivity contribution < 1.29 is 4.92 Å². The molecule has 1 saturated carbocycles. The van der Waals surface area contributed by atoms with Crippen molar-refractivity contribution >= 4 is 27.4 Å². The van der Waals surface area contributed by atoms with Crippen LogP contribution in [0.1, 0.15) is 38.7 Å². The number of aromatic nitrogens is 1. The second-order valence-corrected chi connectivity index (χ2v) is 6.56. The van der Waals surface area contributed by atoms with Gasteiger partial charge in [-0.25, -0.2) is 4.98 Å². The molecule has 2 rings (SSSR count). The summed E-state index contributed by atoms with van der Waals surface area (Å²) in [5.41, 5.74) is 0.887. The molecule has 1 aromatic rings. The minimum Gasteiger partial charge on any atom is -0.366 e. The zero-order valence-electron chi connectivity index (χ0n) is 11.4. The topological polar surface area (TPSA) is 68.1 Å². The Labute approximate surface area is 121 Å². The smallest absolute Gasteiger partial charge is 0.291 e. The summed E-state index contributed by atoms with van der Waals surface area (Å²) in [5.74, 6) is 0.697. The molecule has 0 aromatic carbocycles. The number of nitrogens with one attached hydrogen (secondary N) is 1. The molecule has 1 aliphatic carbocycles. The first-order chi connectivity index (χ1) is 8.83. The van der Waals surface area contributed by atoms with E-state index in [0.29, 0.717) is 21.9 Å². The van der Waals surface area contributed by atoms with Crippen LogP contribution in [-0.4, -0.2) is 15.9 Å². The molecule has 0 amide bonds. The quantitative estimate of drug-likeness (QED) is 0.671. The zero-order valence-corrected chi connectivity index (χ0v) is 13.0. The minimum atomic E-state index is -0.406. The Hall–Kier alpha value is -1.17. The molecule has 1 heterocycles. The average Bonchev–Trinajstić information content (AvgIpc) is 2.64. The lowest BCUT2D eigenvalue weighted by Crippen LogP contribution is -2.31. The van der Waals surface area contributed by atoms with Crippen LogP contribution in [-0.2, 0) is 0 Å². The van der Waals surface area contributed by atoms with Crippen LogP contribution in [0.4, 0.5) is 11.5 Å². The maximum absolute atomic E-state index is 10.9. The van der Waals surface area contributed by atoms with Gasteiger partial charge in [-0.05, 0) is 41.1 Å². The van der Waals surface area contributed by atoms with Gasteiger partial charge in [0.1, 0.15) is 12.0 Å². The first-order valence-electron chi connectivity index (χ1n) is 6.39. The molecule has 0 spiro atoms. The van der Waals surface area contributed by atoms with Gasteiger partial charge in [0.05, 0.1) is 9.40 Å². The first-order valence-corrected chi connectivity index (χ1v) is 7.18. The van der Waals surface area contributed by atoms with E-state index in [-0.39, 0.29) is 11.1 Å². The SMILES string of the molecule is Cc1c([N+](=O)[O-])cnc(NC2CCCC2(C)C)c1Br. The molecule has 19 heavy (non-hydrogen) atoms. The zero-order chi connectivity index (χ0) is 14.2. The van der Waals surface area contributed by atoms with Gasteiger partial charge in [0.15, 0.2) is 0 Å². The van der Waals surface area contributed by atoms with Crippen LogP contribution in [0.5, 0.6) is 0 Å². The number of halogens is 1. The largest absolute Gasteiger partial charge is 0.366 e. The Bertz CT molecular complexity index is 517. The molecule has 0 aliphatic heterocycles. The molecule has 104 valence electrons. The minimum absolute atomic E-state index is 0.0445. The van der Waals surface area contributed by atoms with Gasteiger partial charge >= 0.3 is 0 Å². The number of hydrogen-bond donors (Lipinski definition) is 1. The number of pyridine rings is 1. The van der Waals surface area contributed by atoms with Gasteiger partial charge in [-0.3, -0.25) is 10.1 Å². The van der Waals surface area contributed by atoms with E-state index >= 15 is 0 Å². The van der Waals surface area contributed by atoms with Crippen molar-refractivity contribution in [3.8, 4) is 0 Å². The molecule has 6 heteroatoms. The second-order valence-electron chi connectivity index (χ2n) is 5.77. The van der Waals surface area contributed by atoms with Crippen molar-refractivity contribution in [3.05, 3.63) is 26.3 Å². The Morgan fingerprint density at radius 2 is 2.26 bits per heavy atom. The van der Waals surface area contributed by atoms with Crippen LogP contribution in [0, 0.1) is 22.5 Å². The fourth-order valence-electron chi connectivity index (χ4n) is 2.61. The van der Waals surface area contributed by atoms with Crippen molar-refractivity contribution in [2.24, 2.45) is 5.41 Å². The summed E-state index contributed by atoms with van der Waals surface area (Å²) in [6, 6.07) is 0.358. The van der Waals surface area contributed by atoms with Crippen LogP contribution in [0.2, 0.25) is 0 Å². The summed E-state index contributed by atoms with van der Waals surface area (Å²) in [6.07, 6.45) is 4.82. The lowest BCUT2D eigenvalue weighted by atomic mass is 9.87. The van der Waals surface area contributed by atoms with Crippen LogP contribution in [0.25, 0.3) is 0 Å². The third kappa shape index (κ3) is 2.73. The predicted molar refractivity (Wildman–Crippen MR) is 78.4 cm³/mol. The van der Waals surface area contributed by atoms with E-state index in [1.165, 1.54) is 19.0 Å². The second kappa shape index (κ2) is 5.07. The molecule has 1 fully saturated rings. The number of nitro groups is 1. The Kier molecular flexibility index (Phi) is 3.80. The highest BCUT2D eigenvalue weighted by atomic mass is 79.9. The van der Waals surface area contributed by atoms with Crippen molar-refractivity contribution in [3.63, 3.8) is 0 Å². The normalized spacial score (nSPS) is 21.4. The maximum Gasteiger partial charge on any atom is 0.291 e. The van der Waals surface area contributed by atoms with Gasteiger partial charge in [-0.2, -0.15) is 0 Å². The van der Waals surface area contributed by atoms with Gasteiger partial charge < -0.3 is 5.32 Å². The molecule has 1 aromatic heterocycles. The van der Waals surface area contributed by atoms with E-state index in [1.807, 2.05) is 0 Å². The molecular formula is C13H18BrN3O2. The summed E-state index contributed by atoms with van der Waals surface area (Å²) >= 11 is 3.41. The Morgan fingerprint density at radius 3 is 2.79 bits per heavy atom. The van der Waals surface area contributed by atoms with E-state index in [9.17, 15) is 10.1 Å². The van der Waals surface area contributed by atoms with Gasteiger partial charge in [0, 0.05) is 11.6 Å². The van der Waals surface area contributed by atoms with E-state index in [4.69, 9.17) is 0 Å². The summed E-state index contributed by atoms with van der Waals surface area (Å²) in [7, 11) is 0. The molecule has 1 aliphatic rings. The number of hydrogen-bond acceptors (Lipinski definition) is 4. The third-order valence-corrected chi connectivity index (χ3v) is 4.97. The summed E-state index contributed by atoms with van der Waals surface area (Å²) < 4.78 is 0.685. The van der Waals surface area contributed by atoms with E-state index in [0.717, 1.165) is 6.42 Å². The molecule has 5 nitrogen and oxygen atoms in total. The summed E-state index contributed by atoms with van der Waals surface area (Å²) in [5, 5.41) is 14.3. The molecule has 1 N–H and O–H groups in total. The highest BCUT2D eigenvalue weighted by Gasteiger charge is 2.35. The lowest BCUT2D eigenvalue weighted by molar-refractivity contribution is -0.385. The van der Waals surface area contributed by atoms with E-state index in [2.05, 4.69) is 40.1 Å². The molecule has 1 atom stereocenters. The summed E-state index contributed by atoms with van der Waals surface area (Å²) in [6.45, 7) is 6.21. The third-order valence-electron chi connectivity index (χ3n) is 4.00. The predicted octanol–water partition coefficient (Wildman–Crippen LogP) is 4.05. The average molecular weight is 328 g/mol. The van der Waals surface area contributed by atoms with Crippen LogP contribution in [0.15, 0.2) is 10.7 Å². The Balaban J connectivity index is 2.27. The first kappa shape index (κ1) is 14.2. The fraction of sp³-hybridized carbons (Fsp3) is 0.615. The molecular weight excluding hydrogens is 310 g/mol. The van der Waals surface area contributed by atoms with Gasteiger partial charge in [-0.15, -0.1) is 0 Å². The lowest BCUT2D eigenvalue weighted by Gasteiger charge is -2.28. The number of rotatable bonds is 3. The molecule has 0 bridgehead atoms. The van der Waals surface area contributed by atoms with Crippen LogP contribution in [0.3, 0.4) is 0 Å². The summed E-state index contributed by atoms with van der Waals surface area (Å²) in [4.78, 5) is 14.6. The number of nitrogens with zero attached hydrogens (tertiary/aromatic N) is 2. The van der Waals surface area contributed by atoms with E-state index in [1.54, 1.807) is 6.92 Å².